The monoisotopic (exact) mass is 211 g/mol. The minimum Gasteiger partial charge on any atom is -0.398 e. The third kappa shape index (κ3) is 1.16. The molecule has 1 nitrogen and oxygen atoms in total. The minimum atomic E-state index is 0.866. The van der Waals surface area contributed by atoms with Gasteiger partial charge in [0, 0.05) is 10.2 Å². The average Bonchev–Trinajstić information content (AvgIpc) is 2.36. The number of benzene rings is 1. The van der Waals surface area contributed by atoms with Crippen LogP contribution in [0.5, 0.6) is 0 Å². The van der Waals surface area contributed by atoms with Crippen LogP contribution in [0.4, 0.5) is 5.69 Å². The molecule has 0 aromatic heterocycles. The molecule has 1 aliphatic rings. The third-order valence-electron chi connectivity index (χ3n) is 2.21. The van der Waals surface area contributed by atoms with E-state index in [9.17, 15) is 0 Å². The van der Waals surface area contributed by atoms with Gasteiger partial charge in [-0.05, 0) is 58.5 Å². The molecule has 2 N–H and O–H groups in total. The number of nitrogen functional groups attached to an aromatic ring is 1. The third-order valence-corrected chi connectivity index (χ3v) is 2.90. The molecule has 1 aromatic carbocycles. The number of rotatable bonds is 0. The smallest absolute Gasteiger partial charge is 0.0461 e. The standard InChI is InChI=1S/C9H10BrN/c10-8-4-6-2-1-3-7(6)5-9(8)11/h4-5H,1-3,11H2. The van der Waals surface area contributed by atoms with Crippen LogP contribution in [0, 0.1) is 0 Å². The maximum atomic E-state index is 5.75. The number of hydrogen-bond acceptors (Lipinski definition) is 1. The van der Waals surface area contributed by atoms with E-state index in [4.69, 9.17) is 5.73 Å². The summed E-state index contributed by atoms with van der Waals surface area (Å²) in [7, 11) is 0. The van der Waals surface area contributed by atoms with E-state index in [0.717, 1.165) is 10.2 Å². The van der Waals surface area contributed by atoms with Gasteiger partial charge in [0.15, 0.2) is 0 Å². The van der Waals surface area contributed by atoms with Crippen LogP contribution < -0.4 is 5.73 Å². The zero-order chi connectivity index (χ0) is 7.84. The Labute approximate surface area is 74.7 Å². The maximum absolute atomic E-state index is 5.75. The molecule has 0 atom stereocenters. The first-order valence-electron chi connectivity index (χ1n) is 3.84. The number of anilines is 1. The summed E-state index contributed by atoms with van der Waals surface area (Å²) in [6.07, 6.45) is 3.70. The molecule has 0 saturated carbocycles. The Balaban J connectivity index is 2.57. The van der Waals surface area contributed by atoms with Crippen LogP contribution >= 0.6 is 15.9 Å². The number of fused-ring (bicyclic) bond motifs is 1. The van der Waals surface area contributed by atoms with Crippen LogP contribution in [0.25, 0.3) is 0 Å². The zero-order valence-electron chi connectivity index (χ0n) is 6.23. The van der Waals surface area contributed by atoms with Crippen molar-refractivity contribution in [3.05, 3.63) is 27.7 Å². The number of halogens is 1. The highest BCUT2D eigenvalue weighted by Gasteiger charge is 2.11. The Morgan fingerprint density at radius 2 is 1.82 bits per heavy atom. The first-order chi connectivity index (χ1) is 5.27. The molecule has 0 bridgehead atoms. The van der Waals surface area contributed by atoms with Gasteiger partial charge in [0.05, 0.1) is 0 Å². The van der Waals surface area contributed by atoms with Crippen LogP contribution in [-0.2, 0) is 12.8 Å². The van der Waals surface area contributed by atoms with Gasteiger partial charge < -0.3 is 5.73 Å². The molecule has 1 aromatic rings. The average molecular weight is 212 g/mol. The lowest BCUT2D eigenvalue weighted by Gasteiger charge is -2.02. The van der Waals surface area contributed by atoms with Crippen molar-refractivity contribution in [2.24, 2.45) is 0 Å². The van der Waals surface area contributed by atoms with Gasteiger partial charge in [0.2, 0.25) is 0 Å². The highest BCUT2D eigenvalue weighted by atomic mass is 79.9. The number of nitrogens with two attached hydrogens (primary N) is 1. The molecule has 2 rings (SSSR count). The van der Waals surface area contributed by atoms with E-state index in [1.165, 1.54) is 30.4 Å². The SMILES string of the molecule is Nc1cc2c(cc1Br)CCC2. The largest absolute Gasteiger partial charge is 0.398 e. The van der Waals surface area contributed by atoms with Crippen molar-refractivity contribution >= 4 is 21.6 Å². The highest BCUT2D eigenvalue weighted by molar-refractivity contribution is 9.10. The van der Waals surface area contributed by atoms with E-state index in [1.807, 2.05) is 0 Å². The molecular weight excluding hydrogens is 202 g/mol. The molecule has 11 heavy (non-hydrogen) atoms. The summed E-state index contributed by atoms with van der Waals surface area (Å²) in [5.74, 6) is 0. The molecule has 0 fully saturated rings. The second-order valence-corrected chi connectivity index (χ2v) is 3.85. The predicted octanol–water partition coefficient (Wildman–Crippen LogP) is 2.52. The van der Waals surface area contributed by atoms with Crippen LogP contribution in [0.1, 0.15) is 17.5 Å². The van der Waals surface area contributed by atoms with E-state index >= 15 is 0 Å². The summed E-state index contributed by atoms with van der Waals surface area (Å²) in [5, 5.41) is 0. The van der Waals surface area contributed by atoms with Gasteiger partial charge in [-0.1, -0.05) is 0 Å². The first kappa shape index (κ1) is 7.17. The van der Waals surface area contributed by atoms with Crippen LogP contribution in [0.3, 0.4) is 0 Å². The van der Waals surface area contributed by atoms with Crippen molar-refractivity contribution in [3.8, 4) is 0 Å². The Kier molecular flexibility index (Phi) is 1.64. The summed E-state index contributed by atoms with van der Waals surface area (Å²) < 4.78 is 1.04. The van der Waals surface area contributed by atoms with Crippen molar-refractivity contribution < 1.29 is 0 Å². The van der Waals surface area contributed by atoms with Gasteiger partial charge in [-0.3, -0.25) is 0 Å². The normalized spacial score (nSPS) is 15.0. The molecule has 0 unspecified atom stereocenters. The maximum Gasteiger partial charge on any atom is 0.0461 e. The van der Waals surface area contributed by atoms with Gasteiger partial charge >= 0.3 is 0 Å². The lowest BCUT2D eigenvalue weighted by molar-refractivity contribution is 0.912. The van der Waals surface area contributed by atoms with Crippen LogP contribution in [0.2, 0.25) is 0 Å². The fourth-order valence-electron chi connectivity index (χ4n) is 1.61. The summed E-state index contributed by atoms with van der Waals surface area (Å²) in [6.45, 7) is 0. The van der Waals surface area contributed by atoms with Gasteiger partial charge in [-0.2, -0.15) is 0 Å². The summed E-state index contributed by atoms with van der Waals surface area (Å²) in [6, 6.07) is 4.24. The van der Waals surface area contributed by atoms with Crippen LogP contribution in [0.15, 0.2) is 16.6 Å². The molecular formula is C9H10BrN. The summed E-state index contributed by atoms with van der Waals surface area (Å²) >= 11 is 3.42. The molecule has 0 heterocycles. The first-order valence-corrected chi connectivity index (χ1v) is 4.63. The van der Waals surface area contributed by atoms with Crippen molar-refractivity contribution in [1.29, 1.82) is 0 Å². The van der Waals surface area contributed by atoms with E-state index in [0.29, 0.717) is 0 Å². The predicted molar refractivity (Wildman–Crippen MR) is 50.6 cm³/mol. The molecule has 58 valence electrons. The van der Waals surface area contributed by atoms with Crippen LogP contribution in [-0.4, -0.2) is 0 Å². The van der Waals surface area contributed by atoms with Crippen molar-refractivity contribution in [2.45, 2.75) is 19.3 Å². The van der Waals surface area contributed by atoms with Gasteiger partial charge in [-0.15, -0.1) is 0 Å². The van der Waals surface area contributed by atoms with E-state index in [1.54, 1.807) is 0 Å². The Hall–Kier alpha value is -0.500. The highest BCUT2D eigenvalue weighted by Crippen LogP contribution is 2.29. The molecule has 0 aliphatic heterocycles. The quantitative estimate of drug-likeness (QED) is 0.657. The Morgan fingerprint density at radius 3 is 2.55 bits per heavy atom. The molecule has 0 radical (unpaired) electrons. The van der Waals surface area contributed by atoms with E-state index < -0.39 is 0 Å². The van der Waals surface area contributed by atoms with Crippen molar-refractivity contribution in [2.75, 3.05) is 5.73 Å². The second kappa shape index (κ2) is 2.52. The number of aryl methyl sites for hydroxylation is 2. The second-order valence-electron chi connectivity index (χ2n) is 3.00. The lowest BCUT2D eigenvalue weighted by Crippen LogP contribution is -1.90. The minimum absolute atomic E-state index is 0.866. The van der Waals surface area contributed by atoms with Gasteiger partial charge in [-0.25, -0.2) is 0 Å². The Bertz CT molecular complexity index is 265. The van der Waals surface area contributed by atoms with Crippen molar-refractivity contribution in [3.63, 3.8) is 0 Å². The summed E-state index contributed by atoms with van der Waals surface area (Å²) in [4.78, 5) is 0. The molecule has 0 spiro atoms. The number of hydrogen-bond donors (Lipinski definition) is 1. The van der Waals surface area contributed by atoms with E-state index in [-0.39, 0.29) is 0 Å². The molecule has 1 aliphatic carbocycles. The topological polar surface area (TPSA) is 26.0 Å². The molecule has 0 amide bonds. The zero-order valence-corrected chi connectivity index (χ0v) is 7.82. The fraction of sp³-hybridized carbons (Fsp3) is 0.333. The Morgan fingerprint density at radius 1 is 1.18 bits per heavy atom. The summed E-state index contributed by atoms with van der Waals surface area (Å²) in [5.41, 5.74) is 9.51. The van der Waals surface area contributed by atoms with E-state index in [2.05, 4.69) is 28.1 Å². The van der Waals surface area contributed by atoms with Crippen molar-refractivity contribution in [1.82, 2.24) is 0 Å². The fourth-order valence-corrected chi connectivity index (χ4v) is 2.00. The van der Waals surface area contributed by atoms with Gasteiger partial charge in [0.25, 0.3) is 0 Å². The molecule has 0 saturated heterocycles. The molecule has 2 heteroatoms. The van der Waals surface area contributed by atoms with Gasteiger partial charge in [0.1, 0.15) is 0 Å². The lowest BCUT2D eigenvalue weighted by atomic mass is 10.1.